The first-order valence-corrected chi connectivity index (χ1v) is 15.7. The van der Waals surface area contributed by atoms with E-state index in [1.165, 1.54) is 21.6 Å². The van der Waals surface area contributed by atoms with Gasteiger partial charge in [0.25, 0.3) is 0 Å². The molecule has 0 saturated carbocycles. The number of hydrogen-bond acceptors (Lipinski definition) is 3. The highest BCUT2D eigenvalue weighted by molar-refractivity contribution is 8.03. The van der Waals surface area contributed by atoms with Crippen LogP contribution in [0.2, 0.25) is 0 Å². The third kappa shape index (κ3) is 4.18. The fourth-order valence-electron chi connectivity index (χ4n) is 6.90. The van der Waals surface area contributed by atoms with Crippen molar-refractivity contribution in [3.05, 3.63) is 143 Å². The molecule has 0 fully saturated rings. The first-order valence-electron chi connectivity index (χ1n) is 14.9. The maximum Gasteiger partial charge on any atom is 0.0972 e. The Morgan fingerprint density at radius 3 is 2.17 bits per heavy atom. The molecular formula is C39H32N2S. The molecule has 0 bridgehead atoms. The van der Waals surface area contributed by atoms with Gasteiger partial charge in [-0.2, -0.15) is 0 Å². The van der Waals surface area contributed by atoms with Crippen molar-refractivity contribution < 1.29 is 0 Å². The predicted octanol–water partition coefficient (Wildman–Crippen LogP) is 10.3. The molecule has 2 aliphatic carbocycles. The minimum absolute atomic E-state index is 0.0257. The zero-order chi connectivity index (χ0) is 28.3. The SMILES string of the molecule is CC1(C)C2=C(Sc3ccccc31)C(C1C=CC(c3ccc4ccc5ccc(-c6ccccc6)nc5c4n3)=CC1)CC=C2. The summed E-state index contributed by atoms with van der Waals surface area (Å²) >= 11 is 2.00. The van der Waals surface area contributed by atoms with Gasteiger partial charge in [-0.25, -0.2) is 9.97 Å². The van der Waals surface area contributed by atoms with Gasteiger partial charge in [-0.1, -0.05) is 129 Å². The lowest BCUT2D eigenvalue weighted by atomic mass is 9.71. The van der Waals surface area contributed by atoms with E-state index in [4.69, 9.17) is 9.97 Å². The molecule has 0 amide bonds. The molecule has 8 rings (SSSR count). The summed E-state index contributed by atoms with van der Waals surface area (Å²) in [4.78, 5) is 13.3. The third-order valence-electron chi connectivity index (χ3n) is 9.27. The van der Waals surface area contributed by atoms with Crippen LogP contribution < -0.4 is 0 Å². The van der Waals surface area contributed by atoms with Crippen molar-refractivity contribution in [3.63, 3.8) is 0 Å². The number of rotatable bonds is 3. The molecule has 3 heterocycles. The highest BCUT2D eigenvalue weighted by Crippen LogP contribution is 2.55. The van der Waals surface area contributed by atoms with Gasteiger partial charge in [-0.05, 0) is 58.6 Å². The van der Waals surface area contributed by atoms with Crippen LogP contribution in [0, 0.1) is 11.8 Å². The highest BCUT2D eigenvalue weighted by atomic mass is 32.2. The van der Waals surface area contributed by atoms with Crippen molar-refractivity contribution >= 4 is 39.1 Å². The maximum absolute atomic E-state index is 5.20. The van der Waals surface area contributed by atoms with Gasteiger partial charge >= 0.3 is 0 Å². The molecule has 0 saturated heterocycles. The van der Waals surface area contributed by atoms with E-state index in [9.17, 15) is 0 Å². The summed E-state index contributed by atoms with van der Waals surface area (Å²) in [6, 6.07) is 32.2. The summed E-state index contributed by atoms with van der Waals surface area (Å²) in [5.41, 5.74) is 9.20. The molecule has 3 aromatic carbocycles. The maximum atomic E-state index is 5.20. The van der Waals surface area contributed by atoms with Gasteiger partial charge in [0.2, 0.25) is 0 Å². The van der Waals surface area contributed by atoms with E-state index >= 15 is 0 Å². The van der Waals surface area contributed by atoms with Crippen molar-refractivity contribution in [1.29, 1.82) is 0 Å². The Morgan fingerprint density at radius 1 is 0.714 bits per heavy atom. The normalized spacial score (nSPS) is 20.9. The summed E-state index contributed by atoms with van der Waals surface area (Å²) in [7, 11) is 0. The molecule has 2 unspecified atom stereocenters. The lowest BCUT2D eigenvalue weighted by Crippen LogP contribution is -2.29. The van der Waals surface area contributed by atoms with Gasteiger partial charge in [0, 0.05) is 32.6 Å². The van der Waals surface area contributed by atoms with Crippen LogP contribution in [0.4, 0.5) is 0 Å². The van der Waals surface area contributed by atoms with Gasteiger partial charge in [-0.15, -0.1) is 0 Å². The summed E-state index contributed by atoms with van der Waals surface area (Å²) in [5, 5.41) is 2.23. The van der Waals surface area contributed by atoms with Crippen LogP contribution in [-0.4, -0.2) is 9.97 Å². The summed E-state index contributed by atoms with van der Waals surface area (Å²) in [5.74, 6) is 0.986. The minimum Gasteiger partial charge on any atom is -0.246 e. The third-order valence-corrected chi connectivity index (χ3v) is 10.6. The number of hydrogen-bond donors (Lipinski definition) is 0. The second-order valence-corrected chi connectivity index (χ2v) is 13.2. The lowest BCUT2D eigenvalue weighted by Gasteiger charge is -2.41. The van der Waals surface area contributed by atoms with Crippen LogP contribution >= 0.6 is 11.8 Å². The number of pyridine rings is 2. The zero-order valence-corrected chi connectivity index (χ0v) is 24.7. The number of nitrogens with zero attached hydrogens (tertiary/aromatic N) is 2. The zero-order valence-electron chi connectivity index (χ0n) is 23.9. The Hall–Kier alpha value is -4.21. The number of benzene rings is 3. The molecular weight excluding hydrogens is 529 g/mol. The Balaban J connectivity index is 1.11. The summed E-state index contributed by atoms with van der Waals surface area (Å²) < 4.78 is 0. The van der Waals surface area contributed by atoms with E-state index in [-0.39, 0.29) is 5.41 Å². The van der Waals surface area contributed by atoms with Crippen LogP contribution in [0.5, 0.6) is 0 Å². The summed E-state index contributed by atoms with van der Waals surface area (Å²) in [6.45, 7) is 4.77. The van der Waals surface area contributed by atoms with Gasteiger partial charge in [0.1, 0.15) is 0 Å². The van der Waals surface area contributed by atoms with Crippen LogP contribution in [0.3, 0.4) is 0 Å². The van der Waals surface area contributed by atoms with Crippen molar-refractivity contribution in [2.75, 3.05) is 0 Å². The van der Waals surface area contributed by atoms with Gasteiger partial charge in [0.15, 0.2) is 0 Å². The molecule has 1 aliphatic heterocycles. The Bertz CT molecular complexity index is 1990. The van der Waals surface area contributed by atoms with E-state index in [2.05, 4.69) is 129 Å². The van der Waals surface area contributed by atoms with E-state index < -0.39 is 0 Å². The van der Waals surface area contributed by atoms with Gasteiger partial charge < -0.3 is 0 Å². The molecule has 2 aromatic heterocycles. The van der Waals surface area contributed by atoms with Crippen LogP contribution in [0.1, 0.15) is 37.9 Å². The van der Waals surface area contributed by atoms with Gasteiger partial charge in [0.05, 0.1) is 22.4 Å². The number of thioether (sulfide) groups is 1. The average molecular weight is 561 g/mol. The van der Waals surface area contributed by atoms with Crippen molar-refractivity contribution in [2.45, 2.75) is 37.0 Å². The van der Waals surface area contributed by atoms with Crippen molar-refractivity contribution in [3.8, 4) is 11.3 Å². The molecule has 3 heteroatoms. The molecule has 2 atom stereocenters. The Kier molecular flexibility index (Phi) is 6.05. The first-order chi connectivity index (χ1) is 20.6. The first kappa shape index (κ1) is 25.5. The molecule has 2 nitrogen and oxygen atoms in total. The molecule has 0 spiro atoms. The molecule has 5 aromatic rings. The van der Waals surface area contributed by atoms with Gasteiger partial charge in [-0.3, -0.25) is 0 Å². The standard InChI is InChI=1S/C39H32N2S/c1-39(2)31-12-6-7-14-35(31)42-38-30(11-8-13-32(38)39)25-15-17-27(18-16-25)34-24-22-29-20-19-28-21-23-33(26-9-4-3-5-10-26)40-36(28)37(29)41-34/h3-10,12-15,17-25,30H,11,16H2,1-2H3. The second-order valence-electron chi connectivity index (χ2n) is 12.1. The molecule has 3 aliphatic rings. The molecule has 0 N–H and O–H groups in total. The molecule has 0 radical (unpaired) electrons. The smallest absolute Gasteiger partial charge is 0.0972 e. The topological polar surface area (TPSA) is 25.8 Å². The number of aromatic nitrogens is 2. The number of allylic oxidation sites excluding steroid dienone is 8. The van der Waals surface area contributed by atoms with E-state index in [1.807, 2.05) is 17.8 Å². The fraction of sp³-hybridized carbons (Fsp3) is 0.179. The predicted molar refractivity (Wildman–Crippen MR) is 177 cm³/mol. The minimum atomic E-state index is 0.0257. The molecule has 42 heavy (non-hydrogen) atoms. The van der Waals surface area contributed by atoms with E-state index in [1.54, 1.807) is 4.91 Å². The van der Waals surface area contributed by atoms with E-state index in [0.29, 0.717) is 11.8 Å². The largest absolute Gasteiger partial charge is 0.246 e. The monoisotopic (exact) mass is 560 g/mol. The fourth-order valence-corrected chi connectivity index (χ4v) is 8.57. The average Bonchev–Trinajstić information content (AvgIpc) is 3.04. The van der Waals surface area contributed by atoms with Crippen LogP contribution in [0.25, 0.3) is 38.6 Å². The Morgan fingerprint density at radius 2 is 1.40 bits per heavy atom. The van der Waals surface area contributed by atoms with Crippen molar-refractivity contribution in [1.82, 2.24) is 9.97 Å². The highest BCUT2D eigenvalue weighted by Gasteiger charge is 2.39. The van der Waals surface area contributed by atoms with E-state index in [0.717, 1.165) is 51.6 Å². The lowest BCUT2D eigenvalue weighted by molar-refractivity contribution is 0.457. The van der Waals surface area contributed by atoms with Crippen molar-refractivity contribution in [2.24, 2.45) is 11.8 Å². The second kappa shape index (κ2) is 9.96. The quantitative estimate of drug-likeness (QED) is 0.205. The molecule has 204 valence electrons. The Labute approximate surface area is 251 Å². The van der Waals surface area contributed by atoms with Crippen LogP contribution in [0.15, 0.2) is 137 Å². The van der Waals surface area contributed by atoms with Crippen LogP contribution in [-0.2, 0) is 5.41 Å². The summed E-state index contributed by atoms with van der Waals surface area (Å²) in [6.07, 6.45) is 14.1. The number of fused-ring (bicyclic) bond motifs is 4.